The first-order chi connectivity index (χ1) is 14.8. The van der Waals surface area contributed by atoms with Crippen LogP contribution in [0.25, 0.3) is 0 Å². The minimum Gasteiger partial charge on any atom is -0.396 e. The Morgan fingerprint density at radius 2 is 1.58 bits per heavy atom. The van der Waals surface area contributed by atoms with Crippen LogP contribution >= 0.6 is 24.0 Å². The van der Waals surface area contributed by atoms with Crippen molar-refractivity contribution in [2.75, 3.05) is 33.3 Å². The van der Waals surface area contributed by atoms with Gasteiger partial charge in [0.2, 0.25) is 0 Å². The van der Waals surface area contributed by atoms with Gasteiger partial charge in [0.05, 0.1) is 6.61 Å². The molecule has 1 aliphatic heterocycles. The summed E-state index contributed by atoms with van der Waals surface area (Å²) in [4.78, 5) is 6.89. The van der Waals surface area contributed by atoms with Gasteiger partial charge in [-0.1, -0.05) is 67.4 Å². The van der Waals surface area contributed by atoms with Crippen molar-refractivity contribution in [1.82, 2.24) is 15.5 Å². The van der Waals surface area contributed by atoms with Crippen molar-refractivity contribution in [3.05, 3.63) is 71.3 Å². The Bertz CT molecular complexity index is 759. The third-order valence-corrected chi connectivity index (χ3v) is 5.82. The summed E-state index contributed by atoms with van der Waals surface area (Å²) in [5.41, 5.74) is 3.75. The molecule has 2 aromatic rings. The molecule has 6 heteroatoms. The molecule has 1 saturated heterocycles. The molecule has 31 heavy (non-hydrogen) atoms. The fraction of sp³-hybridized carbons (Fsp3) is 0.480. The maximum Gasteiger partial charge on any atom is 0.191 e. The Hall–Kier alpha value is -1.64. The van der Waals surface area contributed by atoms with Crippen LogP contribution in [0.15, 0.2) is 59.6 Å². The topological polar surface area (TPSA) is 59.9 Å². The van der Waals surface area contributed by atoms with E-state index in [1.54, 1.807) is 7.05 Å². The number of hydrogen-bond donors (Lipinski definition) is 3. The molecule has 0 aromatic heterocycles. The monoisotopic (exact) mass is 536 g/mol. The summed E-state index contributed by atoms with van der Waals surface area (Å²) in [6.07, 6.45) is 5.41. The van der Waals surface area contributed by atoms with Crippen molar-refractivity contribution >= 4 is 29.9 Å². The van der Waals surface area contributed by atoms with Crippen molar-refractivity contribution in [2.45, 2.75) is 44.7 Å². The molecular weight excluding hydrogens is 499 g/mol. The molecule has 0 saturated carbocycles. The largest absolute Gasteiger partial charge is 0.396 e. The predicted molar refractivity (Wildman–Crippen MR) is 140 cm³/mol. The van der Waals surface area contributed by atoms with Gasteiger partial charge >= 0.3 is 0 Å². The van der Waals surface area contributed by atoms with Crippen LogP contribution in [-0.2, 0) is 13.1 Å². The van der Waals surface area contributed by atoms with Crippen molar-refractivity contribution in [3.63, 3.8) is 0 Å². The average Bonchev–Trinajstić information content (AvgIpc) is 3.06. The van der Waals surface area contributed by atoms with Crippen LogP contribution in [0.1, 0.15) is 48.3 Å². The van der Waals surface area contributed by atoms with Gasteiger partial charge in [-0.3, -0.25) is 9.89 Å². The van der Waals surface area contributed by atoms with E-state index in [1.807, 2.05) is 30.3 Å². The summed E-state index contributed by atoms with van der Waals surface area (Å²) in [5, 5.41) is 16.4. The average molecular weight is 537 g/mol. The molecule has 170 valence electrons. The zero-order valence-corrected chi connectivity index (χ0v) is 20.9. The molecule has 0 radical (unpaired) electrons. The van der Waals surface area contributed by atoms with Crippen LogP contribution < -0.4 is 10.6 Å². The van der Waals surface area contributed by atoms with Crippen molar-refractivity contribution < 1.29 is 5.11 Å². The molecular formula is C25H37IN4O. The lowest BCUT2D eigenvalue weighted by Crippen LogP contribution is -2.39. The fourth-order valence-corrected chi connectivity index (χ4v) is 3.95. The Balaban J connectivity index is 0.00000341. The molecule has 0 aliphatic carbocycles. The lowest BCUT2D eigenvalue weighted by atomic mass is 10.0. The Morgan fingerprint density at radius 3 is 2.19 bits per heavy atom. The van der Waals surface area contributed by atoms with Crippen molar-refractivity contribution in [1.29, 1.82) is 0 Å². The second-order valence-corrected chi connectivity index (χ2v) is 8.10. The Labute approximate surface area is 204 Å². The van der Waals surface area contributed by atoms with E-state index in [1.165, 1.54) is 49.9 Å². The zero-order chi connectivity index (χ0) is 21.0. The minimum absolute atomic E-state index is 0. The van der Waals surface area contributed by atoms with Crippen molar-refractivity contribution in [3.8, 4) is 0 Å². The molecule has 5 nitrogen and oxygen atoms in total. The lowest BCUT2D eigenvalue weighted by Gasteiger charge is -2.20. The summed E-state index contributed by atoms with van der Waals surface area (Å²) in [6, 6.07) is 19.0. The Morgan fingerprint density at radius 1 is 0.935 bits per heavy atom. The summed E-state index contributed by atoms with van der Waals surface area (Å²) in [5.74, 6) is 0.793. The normalized spacial score (nSPS) is 16.1. The highest BCUT2D eigenvalue weighted by molar-refractivity contribution is 14.0. The first-order valence-corrected chi connectivity index (χ1v) is 11.2. The smallest absolute Gasteiger partial charge is 0.191 e. The number of likely N-dealkylation sites (tertiary alicyclic amines) is 1. The van der Waals surface area contributed by atoms with Gasteiger partial charge in [0.25, 0.3) is 0 Å². The van der Waals surface area contributed by atoms with Gasteiger partial charge in [-0.05, 0) is 42.6 Å². The van der Waals surface area contributed by atoms with E-state index in [0.29, 0.717) is 6.54 Å². The maximum absolute atomic E-state index is 9.73. The molecule has 1 aliphatic rings. The van der Waals surface area contributed by atoms with Crippen LogP contribution in [0.5, 0.6) is 0 Å². The maximum atomic E-state index is 9.73. The number of nitrogens with zero attached hydrogens (tertiary/aromatic N) is 2. The number of guanidine groups is 1. The van der Waals surface area contributed by atoms with E-state index in [9.17, 15) is 5.11 Å². The molecule has 1 atom stereocenters. The molecule has 1 unspecified atom stereocenters. The van der Waals surface area contributed by atoms with Gasteiger partial charge in [0.15, 0.2) is 5.96 Å². The highest BCUT2D eigenvalue weighted by Gasteiger charge is 2.11. The first-order valence-electron chi connectivity index (χ1n) is 11.2. The van der Waals surface area contributed by atoms with E-state index in [2.05, 4.69) is 44.8 Å². The number of aliphatic imine (C=N–C) groups is 1. The molecule has 0 bridgehead atoms. The standard InChI is InChI=1S/C25H36N4O.HI/c1-26-25(28-18-24(20-30)23-9-5-4-6-10-23)27-17-21-11-13-22(14-12-21)19-29-15-7-2-3-8-16-29;/h4-6,9-14,24,30H,2-3,7-8,15-20H2,1H3,(H2,26,27,28);1H. The highest BCUT2D eigenvalue weighted by Crippen LogP contribution is 2.15. The van der Waals surface area contributed by atoms with E-state index in [-0.39, 0.29) is 36.5 Å². The summed E-state index contributed by atoms with van der Waals surface area (Å²) < 4.78 is 0. The third-order valence-electron chi connectivity index (χ3n) is 5.82. The molecule has 0 spiro atoms. The predicted octanol–water partition coefficient (Wildman–Crippen LogP) is 4.12. The molecule has 3 rings (SSSR count). The van der Waals surface area contributed by atoms with Gasteiger partial charge in [-0.25, -0.2) is 0 Å². The van der Waals surface area contributed by atoms with E-state index in [0.717, 1.165) is 24.6 Å². The Kier molecular flexibility index (Phi) is 11.9. The van der Waals surface area contributed by atoms with Crippen LogP contribution in [0.4, 0.5) is 0 Å². The summed E-state index contributed by atoms with van der Waals surface area (Å²) in [6.45, 7) is 4.96. The SMILES string of the molecule is CN=C(NCc1ccc(CN2CCCCCC2)cc1)NCC(CO)c1ccccc1.I. The van der Waals surface area contributed by atoms with Gasteiger partial charge in [0.1, 0.15) is 0 Å². The summed E-state index contributed by atoms with van der Waals surface area (Å²) >= 11 is 0. The number of nitrogens with one attached hydrogen (secondary N) is 2. The van der Waals surface area contributed by atoms with Gasteiger partial charge in [-0.2, -0.15) is 0 Å². The van der Waals surface area contributed by atoms with E-state index < -0.39 is 0 Å². The second-order valence-electron chi connectivity index (χ2n) is 8.10. The van der Waals surface area contributed by atoms with E-state index >= 15 is 0 Å². The number of hydrogen-bond acceptors (Lipinski definition) is 3. The molecule has 1 heterocycles. The minimum atomic E-state index is 0. The third kappa shape index (κ3) is 8.79. The van der Waals surface area contributed by atoms with Gasteiger partial charge < -0.3 is 15.7 Å². The molecule has 1 fully saturated rings. The number of rotatable bonds is 8. The number of halogens is 1. The molecule has 3 N–H and O–H groups in total. The molecule has 0 amide bonds. The first kappa shape index (κ1) is 25.6. The lowest BCUT2D eigenvalue weighted by molar-refractivity contribution is 0.265. The van der Waals surface area contributed by atoms with Crippen LogP contribution in [-0.4, -0.2) is 49.3 Å². The van der Waals surface area contributed by atoms with Gasteiger partial charge in [-0.15, -0.1) is 24.0 Å². The van der Waals surface area contributed by atoms with Crippen LogP contribution in [0.3, 0.4) is 0 Å². The summed E-state index contributed by atoms with van der Waals surface area (Å²) in [7, 11) is 1.77. The second kappa shape index (κ2) is 14.4. The number of aliphatic hydroxyl groups is 1. The fourth-order valence-electron chi connectivity index (χ4n) is 3.95. The van der Waals surface area contributed by atoms with E-state index in [4.69, 9.17) is 0 Å². The van der Waals surface area contributed by atoms with Crippen molar-refractivity contribution in [2.24, 2.45) is 4.99 Å². The van der Waals surface area contributed by atoms with Gasteiger partial charge in [0, 0.05) is 32.6 Å². The molecule has 2 aromatic carbocycles. The van der Waals surface area contributed by atoms with Crippen LogP contribution in [0.2, 0.25) is 0 Å². The quantitative estimate of drug-likeness (QED) is 0.270. The number of benzene rings is 2. The zero-order valence-electron chi connectivity index (χ0n) is 18.6. The highest BCUT2D eigenvalue weighted by atomic mass is 127. The van der Waals surface area contributed by atoms with Crippen LogP contribution in [0, 0.1) is 0 Å². The number of aliphatic hydroxyl groups excluding tert-OH is 1.